The van der Waals surface area contributed by atoms with Crippen molar-refractivity contribution in [2.24, 2.45) is 0 Å². The van der Waals surface area contributed by atoms with E-state index in [4.69, 9.17) is 17.3 Å². The smallest absolute Gasteiger partial charge is 0.323 e. The summed E-state index contributed by atoms with van der Waals surface area (Å²) in [6.07, 6.45) is 5.61. The highest BCUT2D eigenvalue weighted by molar-refractivity contribution is 6.00. The van der Waals surface area contributed by atoms with Crippen molar-refractivity contribution in [3.05, 3.63) is 29.3 Å². The zero-order valence-corrected chi connectivity index (χ0v) is 10.0. The number of carbonyl (C=O) groups is 2. The van der Waals surface area contributed by atoms with Crippen molar-refractivity contribution < 1.29 is 14.7 Å². The average molecular weight is 246 g/mol. The Morgan fingerprint density at radius 3 is 2.67 bits per heavy atom. The molecule has 0 bridgehead atoms. The van der Waals surface area contributed by atoms with Gasteiger partial charge in [-0.05, 0) is 17.7 Å². The fourth-order valence-corrected chi connectivity index (χ4v) is 1.52. The number of nitrogens with two attached hydrogens (primary N) is 1. The molecular weight excluding hydrogens is 232 g/mol. The molecular formula is C13H14N2O3. The number of carbonyl (C=O) groups excluding carboxylic acids is 1. The van der Waals surface area contributed by atoms with Crippen LogP contribution in [-0.4, -0.2) is 35.5 Å². The molecule has 5 heteroatoms. The van der Waals surface area contributed by atoms with Crippen LogP contribution in [0.2, 0.25) is 0 Å². The number of rotatable bonds is 4. The third kappa shape index (κ3) is 3.25. The minimum atomic E-state index is -1.08. The monoisotopic (exact) mass is 246 g/mol. The third-order valence-electron chi connectivity index (χ3n) is 2.37. The summed E-state index contributed by atoms with van der Waals surface area (Å²) >= 11 is 0. The summed E-state index contributed by atoms with van der Waals surface area (Å²) in [5.74, 6) is 0.976. The fourth-order valence-electron chi connectivity index (χ4n) is 1.52. The first kappa shape index (κ1) is 13.6. The molecule has 5 nitrogen and oxygen atoms in total. The van der Waals surface area contributed by atoms with Crippen LogP contribution in [0.3, 0.4) is 0 Å². The highest BCUT2D eigenvalue weighted by Crippen LogP contribution is 2.16. The van der Waals surface area contributed by atoms with E-state index in [2.05, 4.69) is 5.92 Å². The first-order chi connectivity index (χ1) is 8.45. The van der Waals surface area contributed by atoms with E-state index in [9.17, 15) is 9.59 Å². The minimum absolute atomic E-state index is 0.277. The molecule has 0 radical (unpaired) electrons. The number of terminal acetylenes is 1. The Balaban J connectivity index is 2.93. The van der Waals surface area contributed by atoms with E-state index < -0.39 is 11.9 Å². The number of anilines is 1. The van der Waals surface area contributed by atoms with Gasteiger partial charge in [-0.25, -0.2) is 0 Å². The van der Waals surface area contributed by atoms with E-state index in [1.165, 1.54) is 7.05 Å². The third-order valence-corrected chi connectivity index (χ3v) is 2.37. The Morgan fingerprint density at radius 1 is 1.50 bits per heavy atom. The van der Waals surface area contributed by atoms with E-state index in [0.29, 0.717) is 12.1 Å². The SMILES string of the molecule is C#CCc1ccc(C(=O)N(C)CC(=O)O)c(N)c1. The highest BCUT2D eigenvalue weighted by atomic mass is 16.4. The van der Waals surface area contributed by atoms with E-state index in [-0.39, 0.29) is 12.1 Å². The number of hydrogen-bond donors (Lipinski definition) is 2. The van der Waals surface area contributed by atoms with E-state index >= 15 is 0 Å². The van der Waals surface area contributed by atoms with Gasteiger partial charge in [-0.2, -0.15) is 0 Å². The predicted molar refractivity (Wildman–Crippen MR) is 68.0 cm³/mol. The normalized spacial score (nSPS) is 9.56. The Labute approximate surface area is 105 Å². The summed E-state index contributed by atoms with van der Waals surface area (Å²) < 4.78 is 0. The van der Waals surface area contributed by atoms with Crippen molar-refractivity contribution in [2.45, 2.75) is 6.42 Å². The van der Waals surface area contributed by atoms with Crippen LogP contribution in [0.5, 0.6) is 0 Å². The minimum Gasteiger partial charge on any atom is -0.480 e. The lowest BCUT2D eigenvalue weighted by Crippen LogP contribution is -2.32. The average Bonchev–Trinajstić information content (AvgIpc) is 2.28. The molecule has 94 valence electrons. The van der Waals surface area contributed by atoms with Crippen LogP contribution in [0.4, 0.5) is 5.69 Å². The summed E-state index contributed by atoms with van der Waals surface area (Å²) in [6.45, 7) is -0.371. The molecule has 0 spiro atoms. The second-order valence-electron chi connectivity index (χ2n) is 3.86. The van der Waals surface area contributed by atoms with Crippen LogP contribution in [0, 0.1) is 12.3 Å². The number of carboxylic acids is 1. The van der Waals surface area contributed by atoms with Gasteiger partial charge in [0, 0.05) is 19.2 Å². The van der Waals surface area contributed by atoms with Gasteiger partial charge in [0.05, 0.1) is 5.56 Å². The van der Waals surface area contributed by atoms with Gasteiger partial charge in [0.25, 0.3) is 5.91 Å². The maximum atomic E-state index is 11.9. The van der Waals surface area contributed by atoms with E-state index in [0.717, 1.165) is 10.5 Å². The largest absolute Gasteiger partial charge is 0.480 e. The molecule has 0 aliphatic heterocycles. The number of likely N-dealkylation sites (N-methyl/N-ethyl adjacent to an activating group) is 1. The molecule has 1 aromatic carbocycles. The number of nitrogen functional groups attached to an aromatic ring is 1. The number of carboxylic acid groups (broad SMARTS) is 1. The molecule has 0 saturated carbocycles. The number of nitrogens with zero attached hydrogens (tertiary/aromatic N) is 1. The van der Waals surface area contributed by atoms with E-state index in [1.807, 2.05) is 0 Å². The van der Waals surface area contributed by atoms with Crippen molar-refractivity contribution in [1.29, 1.82) is 0 Å². The molecule has 0 aromatic heterocycles. The van der Waals surface area contributed by atoms with Crippen molar-refractivity contribution in [3.8, 4) is 12.3 Å². The second-order valence-corrected chi connectivity index (χ2v) is 3.86. The molecule has 0 unspecified atom stereocenters. The highest BCUT2D eigenvalue weighted by Gasteiger charge is 2.16. The van der Waals surface area contributed by atoms with Crippen LogP contribution < -0.4 is 5.73 Å². The molecule has 18 heavy (non-hydrogen) atoms. The zero-order valence-electron chi connectivity index (χ0n) is 10.0. The molecule has 1 rings (SSSR count). The van der Waals surface area contributed by atoms with Crippen LogP contribution in [0.1, 0.15) is 15.9 Å². The lowest BCUT2D eigenvalue weighted by molar-refractivity contribution is -0.137. The first-order valence-corrected chi connectivity index (χ1v) is 5.24. The molecule has 3 N–H and O–H groups in total. The van der Waals surface area contributed by atoms with Crippen LogP contribution in [0.15, 0.2) is 18.2 Å². The van der Waals surface area contributed by atoms with Crippen molar-refractivity contribution in [1.82, 2.24) is 4.90 Å². The Kier molecular flexibility index (Phi) is 4.33. The molecule has 0 fully saturated rings. The van der Waals surface area contributed by atoms with Gasteiger partial charge in [0.1, 0.15) is 6.54 Å². The molecule has 0 saturated heterocycles. The number of benzene rings is 1. The Hall–Kier alpha value is -2.48. The van der Waals surface area contributed by atoms with Crippen LogP contribution in [0.25, 0.3) is 0 Å². The summed E-state index contributed by atoms with van der Waals surface area (Å²) in [6, 6.07) is 4.89. The van der Waals surface area contributed by atoms with Crippen molar-refractivity contribution >= 4 is 17.6 Å². The van der Waals surface area contributed by atoms with Gasteiger partial charge >= 0.3 is 5.97 Å². The number of hydrogen-bond acceptors (Lipinski definition) is 3. The van der Waals surface area contributed by atoms with Crippen LogP contribution >= 0.6 is 0 Å². The Bertz CT molecular complexity index is 517. The topological polar surface area (TPSA) is 83.6 Å². The van der Waals surface area contributed by atoms with Gasteiger partial charge in [0.15, 0.2) is 0 Å². The molecule has 1 aromatic rings. The van der Waals surface area contributed by atoms with Gasteiger partial charge in [0.2, 0.25) is 0 Å². The summed E-state index contributed by atoms with van der Waals surface area (Å²) in [5.41, 5.74) is 7.17. The number of aliphatic carboxylic acids is 1. The lowest BCUT2D eigenvalue weighted by atomic mass is 10.1. The maximum absolute atomic E-state index is 11.9. The second kappa shape index (κ2) is 5.73. The molecule has 0 atom stereocenters. The first-order valence-electron chi connectivity index (χ1n) is 5.24. The number of amides is 1. The Morgan fingerprint density at radius 2 is 2.17 bits per heavy atom. The van der Waals surface area contributed by atoms with Gasteiger partial charge in [-0.3, -0.25) is 9.59 Å². The van der Waals surface area contributed by atoms with Crippen molar-refractivity contribution in [2.75, 3.05) is 19.3 Å². The predicted octanol–water partition coefficient (Wildman–Crippen LogP) is 0.601. The van der Waals surface area contributed by atoms with Gasteiger partial charge in [-0.1, -0.05) is 6.07 Å². The van der Waals surface area contributed by atoms with Crippen molar-refractivity contribution in [3.63, 3.8) is 0 Å². The van der Waals surface area contributed by atoms with Gasteiger partial charge < -0.3 is 15.7 Å². The molecule has 0 aliphatic rings. The molecule has 1 amide bonds. The fraction of sp³-hybridized carbons (Fsp3) is 0.231. The standard InChI is InChI=1S/C13H14N2O3/c1-3-4-9-5-6-10(11(14)7-9)13(18)15(2)8-12(16)17/h1,5-7H,4,8,14H2,2H3,(H,16,17). The lowest BCUT2D eigenvalue weighted by Gasteiger charge is -2.16. The maximum Gasteiger partial charge on any atom is 0.323 e. The quantitative estimate of drug-likeness (QED) is 0.602. The zero-order chi connectivity index (χ0) is 13.7. The van der Waals surface area contributed by atoms with Gasteiger partial charge in [-0.15, -0.1) is 12.3 Å². The van der Waals surface area contributed by atoms with E-state index in [1.54, 1.807) is 18.2 Å². The summed E-state index contributed by atoms with van der Waals surface area (Å²) in [4.78, 5) is 23.5. The summed E-state index contributed by atoms with van der Waals surface area (Å²) in [5, 5.41) is 8.62. The van der Waals surface area contributed by atoms with Crippen LogP contribution in [-0.2, 0) is 11.2 Å². The summed E-state index contributed by atoms with van der Waals surface area (Å²) in [7, 11) is 1.41. The molecule has 0 heterocycles. The molecule has 0 aliphatic carbocycles.